The van der Waals surface area contributed by atoms with Crippen molar-refractivity contribution < 1.29 is 5.11 Å². The molecule has 26 heavy (non-hydrogen) atoms. The van der Waals surface area contributed by atoms with Crippen molar-refractivity contribution in [1.29, 1.82) is 0 Å². The minimum absolute atomic E-state index is 0.327. The standard InChI is InChI=1S/C20H32N4OS/c1-16-7-6-9-17(13-16)21-20(26)22-18-8-2-3-10-23(14-18)15-19(25)24-11-4-5-12-24/h6-7,9,13,18-19,25H,2-5,8,10-12,14-15H2,1H3,(H2,21,22,26)/t18-,19?/m0/s1. The smallest absolute Gasteiger partial charge is 0.171 e. The zero-order valence-electron chi connectivity index (χ0n) is 15.8. The number of anilines is 1. The van der Waals surface area contributed by atoms with Gasteiger partial charge in [-0.25, -0.2) is 0 Å². The summed E-state index contributed by atoms with van der Waals surface area (Å²) in [5.74, 6) is 0. The average molecular weight is 377 g/mol. The Labute approximate surface area is 162 Å². The third-order valence-corrected chi connectivity index (χ3v) is 5.57. The SMILES string of the molecule is Cc1cccc(NC(=S)N[C@H]2CCCCN(CC(O)N3CCCC3)C2)c1. The lowest BCUT2D eigenvalue weighted by Gasteiger charge is -2.31. The molecule has 1 aromatic rings. The lowest BCUT2D eigenvalue weighted by atomic mass is 10.1. The highest BCUT2D eigenvalue weighted by Gasteiger charge is 2.25. The second-order valence-electron chi connectivity index (χ2n) is 7.64. The Kier molecular flexibility index (Phi) is 7.25. The molecule has 0 saturated carbocycles. The Hall–Kier alpha value is -1.21. The van der Waals surface area contributed by atoms with Gasteiger partial charge in [-0.15, -0.1) is 0 Å². The highest BCUT2D eigenvalue weighted by atomic mass is 32.1. The Morgan fingerprint density at radius 1 is 1.23 bits per heavy atom. The van der Waals surface area contributed by atoms with Crippen molar-refractivity contribution in [2.75, 3.05) is 38.0 Å². The fraction of sp³-hybridized carbons (Fsp3) is 0.650. The molecule has 0 aliphatic carbocycles. The maximum atomic E-state index is 10.5. The molecule has 2 fully saturated rings. The minimum atomic E-state index is -0.339. The first kappa shape index (κ1) is 19.5. The van der Waals surface area contributed by atoms with Gasteiger partial charge in [0.2, 0.25) is 0 Å². The van der Waals surface area contributed by atoms with Gasteiger partial charge >= 0.3 is 0 Å². The molecular weight excluding hydrogens is 344 g/mol. The molecule has 2 saturated heterocycles. The highest BCUT2D eigenvalue weighted by molar-refractivity contribution is 7.80. The Morgan fingerprint density at radius 2 is 2.00 bits per heavy atom. The maximum Gasteiger partial charge on any atom is 0.171 e. The molecule has 3 rings (SSSR count). The molecule has 0 bridgehead atoms. The van der Waals surface area contributed by atoms with E-state index in [0.29, 0.717) is 11.2 Å². The van der Waals surface area contributed by atoms with Gasteiger partial charge in [0.25, 0.3) is 0 Å². The Morgan fingerprint density at radius 3 is 2.77 bits per heavy atom. The van der Waals surface area contributed by atoms with Crippen LogP contribution in [0.5, 0.6) is 0 Å². The van der Waals surface area contributed by atoms with Gasteiger partial charge in [0.1, 0.15) is 6.23 Å². The van der Waals surface area contributed by atoms with Crippen LogP contribution < -0.4 is 10.6 Å². The lowest BCUT2D eigenvalue weighted by Crippen LogP contribution is -2.48. The van der Waals surface area contributed by atoms with Crippen LogP contribution in [0.2, 0.25) is 0 Å². The third kappa shape index (κ3) is 5.91. The van der Waals surface area contributed by atoms with Crippen molar-refractivity contribution in [2.45, 2.75) is 51.3 Å². The molecule has 0 amide bonds. The zero-order valence-corrected chi connectivity index (χ0v) is 16.6. The van der Waals surface area contributed by atoms with E-state index in [-0.39, 0.29) is 6.23 Å². The Bertz CT molecular complexity index is 591. The normalized spacial score (nSPS) is 23.4. The molecule has 1 unspecified atom stereocenters. The van der Waals surface area contributed by atoms with E-state index < -0.39 is 0 Å². The molecule has 5 nitrogen and oxygen atoms in total. The van der Waals surface area contributed by atoms with E-state index in [1.807, 2.05) is 12.1 Å². The van der Waals surface area contributed by atoms with Crippen LogP contribution in [0.25, 0.3) is 0 Å². The molecule has 6 heteroatoms. The van der Waals surface area contributed by atoms with Crippen LogP contribution in [0.4, 0.5) is 5.69 Å². The van der Waals surface area contributed by atoms with E-state index in [1.165, 1.54) is 31.2 Å². The summed E-state index contributed by atoms with van der Waals surface area (Å²) in [6.07, 6.45) is 5.57. The van der Waals surface area contributed by atoms with Crippen LogP contribution in [0.3, 0.4) is 0 Å². The molecule has 2 atom stereocenters. The van der Waals surface area contributed by atoms with Gasteiger partial charge < -0.3 is 15.7 Å². The summed E-state index contributed by atoms with van der Waals surface area (Å²) in [7, 11) is 0. The second-order valence-corrected chi connectivity index (χ2v) is 8.05. The predicted molar refractivity (Wildman–Crippen MR) is 111 cm³/mol. The number of aliphatic hydroxyl groups is 1. The first-order valence-electron chi connectivity index (χ1n) is 9.89. The van der Waals surface area contributed by atoms with Gasteiger partial charge in [0.15, 0.2) is 5.11 Å². The molecule has 2 heterocycles. The lowest BCUT2D eigenvalue weighted by molar-refractivity contribution is -0.00772. The predicted octanol–water partition coefficient (Wildman–Crippen LogP) is 2.55. The minimum Gasteiger partial charge on any atom is -0.377 e. The summed E-state index contributed by atoms with van der Waals surface area (Å²) in [6.45, 7) is 6.86. The topological polar surface area (TPSA) is 50.8 Å². The van der Waals surface area contributed by atoms with Crippen LogP contribution in [-0.4, -0.2) is 65.0 Å². The highest BCUT2D eigenvalue weighted by Crippen LogP contribution is 2.15. The number of aliphatic hydroxyl groups excluding tert-OH is 1. The average Bonchev–Trinajstić information content (AvgIpc) is 3.05. The van der Waals surface area contributed by atoms with Crippen LogP contribution in [-0.2, 0) is 0 Å². The van der Waals surface area contributed by atoms with Gasteiger partial charge in [-0.1, -0.05) is 18.6 Å². The maximum absolute atomic E-state index is 10.5. The van der Waals surface area contributed by atoms with Gasteiger partial charge in [-0.05, 0) is 69.1 Å². The number of nitrogens with one attached hydrogen (secondary N) is 2. The summed E-state index contributed by atoms with van der Waals surface area (Å²) in [5.41, 5.74) is 2.24. The largest absolute Gasteiger partial charge is 0.377 e. The van der Waals surface area contributed by atoms with Gasteiger partial charge in [0.05, 0.1) is 0 Å². The number of hydrogen-bond donors (Lipinski definition) is 3. The van der Waals surface area contributed by atoms with Crippen molar-refractivity contribution in [3.05, 3.63) is 29.8 Å². The van der Waals surface area contributed by atoms with E-state index in [0.717, 1.165) is 44.8 Å². The number of rotatable bonds is 5. The van der Waals surface area contributed by atoms with Crippen molar-refractivity contribution >= 4 is 23.0 Å². The van der Waals surface area contributed by atoms with Crippen molar-refractivity contribution in [3.63, 3.8) is 0 Å². The van der Waals surface area contributed by atoms with Gasteiger partial charge in [0, 0.05) is 37.9 Å². The first-order valence-corrected chi connectivity index (χ1v) is 10.3. The third-order valence-electron chi connectivity index (χ3n) is 5.35. The van der Waals surface area contributed by atoms with E-state index in [4.69, 9.17) is 12.2 Å². The van der Waals surface area contributed by atoms with Gasteiger partial charge in [-0.3, -0.25) is 9.80 Å². The van der Waals surface area contributed by atoms with Crippen LogP contribution in [0, 0.1) is 6.92 Å². The van der Waals surface area contributed by atoms with Crippen LogP contribution >= 0.6 is 12.2 Å². The van der Waals surface area contributed by atoms with E-state index >= 15 is 0 Å². The van der Waals surface area contributed by atoms with Crippen molar-refractivity contribution in [3.8, 4) is 0 Å². The number of nitrogens with zero attached hydrogens (tertiary/aromatic N) is 2. The summed E-state index contributed by atoms with van der Waals surface area (Å²) < 4.78 is 0. The van der Waals surface area contributed by atoms with Crippen LogP contribution in [0.15, 0.2) is 24.3 Å². The number of hydrogen-bond acceptors (Lipinski definition) is 4. The molecule has 144 valence electrons. The number of thiocarbonyl (C=S) groups is 1. The van der Waals surface area contributed by atoms with Crippen molar-refractivity contribution in [2.24, 2.45) is 0 Å². The van der Waals surface area contributed by atoms with Crippen molar-refractivity contribution in [1.82, 2.24) is 15.1 Å². The molecule has 2 aliphatic heterocycles. The number of β-amino-alcohol motifs (C(OH)–C–C–N with tert-alkyl or cyclic N) is 1. The monoisotopic (exact) mass is 376 g/mol. The molecule has 1 aromatic carbocycles. The quantitative estimate of drug-likeness (QED) is 0.687. The zero-order chi connectivity index (χ0) is 18.4. The molecular formula is C20H32N4OS. The fourth-order valence-electron chi connectivity index (χ4n) is 3.97. The number of benzene rings is 1. The summed E-state index contributed by atoms with van der Waals surface area (Å²) in [4.78, 5) is 4.60. The fourth-order valence-corrected chi connectivity index (χ4v) is 4.25. The summed E-state index contributed by atoms with van der Waals surface area (Å²) in [5, 5.41) is 18.0. The van der Waals surface area contributed by atoms with E-state index in [9.17, 15) is 5.11 Å². The number of likely N-dealkylation sites (tertiary alicyclic amines) is 2. The second kappa shape index (κ2) is 9.65. The summed E-state index contributed by atoms with van der Waals surface area (Å²) >= 11 is 5.52. The van der Waals surface area contributed by atoms with E-state index in [1.54, 1.807) is 0 Å². The molecule has 2 aliphatic rings. The Balaban J connectivity index is 1.49. The first-order chi connectivity index (χ1) is 12.6. The van der Waals surface area contributed by atoms with E-state index in [2.05, 4.69) is 39.5 Å². The molecule has 0 aromatic heterocycles. The molecule has 0 radical (unpaired) electrons. The number of aryl methyl sites for hydroxylation is 1. The van der Waals surface area contributed by atoms with Crippen LogP contribution in [0.1, 0.15) is 37.7 Å². The summed E-state index contributed by atoms with van der Waals surface area (Å²) in [6, 6.07) is 8.57. The molecule has 3 N–H and O–H groups in total. The molecule has 0 spiro atoms. The van der Waals surface area contributed by atoms with Gasteiger partial charge in [-0.2, -0.15) is 0 Å².